The van der Waals surface area contributed by atoms with E-state index >= 15 is 0 Å². The van der Waals surface area contributed by atoms with Gasteiger partial charge in [-0.1, -0.05) is 218 Å². The van der Waals surface area contributed by atoms with Crippen molar-refractivity contribution in [2.45, 2.75) is 27.7 Å². The Kier molecular flexibility index (Phi) is 11.9. The molecule has 0 aliphatic heterocycles. The number of aryl methyl sites for hydroxylation is 4. The van der Waals surface area contributed by atoms with E-state index in [1.807, 2.05) is 22.7 Å². The Balaban J connectivity index is 0.883. The summed E-state index contributed by atoms with van der Waals surface area (Å²) in [6.07, 6.45) is 0. The number of hydrogen-bond donors (Lipinski definition) is 0. The molecule has 0 unspecified atom stereocenters. The Labute approximate surface area is 497 Å². The Hall–Kier alpha value is -9.84. The third kappa shape index (κ3) is 7.97. The fourth-order valence-corrected chi connectivity index (χ4v) is 16.1. The lowest BCUT2D eigenvalue weighted by atomic mass is 9.93. The molecule has 0 saturated carbocycles. The van der Waals surface area contributed by atoms with Crippen molar-refractivity contribution in [2.75, 3.05) is 9.80 Å². The van der Waals surface area contributed by atoms with Crippen LogP contribution in [0.2, 0.25) is 0 Å². The standard InChI is InChI=1S/C80H56N2S2/c1-49-21-17-33-65(69-37-19-35-67-63-31-13-15-39-75(63)83-79(67)69)77(49)81(73-47-55-23-5-7-25-57(55)59-27-9-11-29-61(59)73)71-43-41-53(45-51(71)3)54-42-44-72(52(4)46-54)82(74-48-56-24-6-8-26-58(56)60-28-10-12-30-62(60)74)78-50(2)22-18-34-66(78)70-38-20-36-68-64-32-14-16-40-76(64)84-80(68)70/h5-48H,1-4H3. The summed E-state index contributed by atoms with van der Waals surface area (Å²) < 4.78 is 5.22. The molecule has 0 spiro atoms. The third-order valence-electron chi connectivity index (χ3n) is 17.5. The number of rotatable bonds is 9. The molecule has 14 aromatic carbocycles. The molecule has 84 heavy (non-hydrogen) atoms. The van der Waals surface area contributed by atoms with Crippen molar-refractivity contribution >= 4 is 140 Å². The smallest absolute Gasteiger partial charge is 0.0570 e. The van der Waals surface area contributed by atoms with E-state index < -0.39 is 0 Å². The van der Waals surface area contributed by atoms with Gasteiger partial charge in [-0.05, 0) is 142 Å². The molecule has 2 nitrogen and oxygen atoms in total. The third-order valence-corrected chi connectivity index (χ3v) is 19.9. The van der Waals surface area contributed by atoms with E-state index in [-0.39, 0.29) is 0 Å². The maximum absolute atomic E-state index is 2.57. The second kappa shape index (κ2) is 20.0. The van der Waals surface area contributed by atoms with E-state index in [0.717, 1.165) is 22.7 Å². The van der Waals surface area contributed by atoms with Crippen molar-refractivity contribution in [3.63, 3.8) is 0 Å². The summed E-state index contributed by atoms with van der Waals surface area (Å²) in [5, 5.41) is 15.0. The number of benzene rings is 14. The van der Waals surface area contributed by atoms with Crippen LogP contribution in [0.25, 0.3) is 117 Å². The van der Waals surface area contributed by atoms with Crippen LogP contribution in [0, 0.1) is 27.7 Å². The highest BCUT2D eigenvalue weighted by molar-refractivity contribution is 7.26. The fraction of sp³-hybridized carbons (Fsp3) is 0.0500. The highest BCUT2D eigenvalue weighted by atomic mass is 32.1. The molecule has 0 aliphatic rings. The van der Waals surface area contributed by atoms with E-state index in [0.29, 0.717) is 0 Å². The van der Waals surface area contributed by atoms with Crippen LogP contribution in [0.5, 0.6) is 0 Å². The van der Waals surface area contributed by atoms with Crippen LogP contribution in [0.3, 0.4) is 0 Å². The van der Waals surface area contributed by atoms with Crippen LogP contribution >= 0.6 is 22.7 Å². The largest absolute Gasteiger partial charge is 0.309 e. The zero-order valence-corrected chi connectivity index (χ0v) is 48.7. The molecular formula is C80H56N2S2. The lowest BCUT2D eigenvalue weighted by Crippen LogP contribution is -2.15. The lowest BCUT2D eigenvalue weighted by molar-refractivity contribution is 1.23. The Morgan fingerprint density at radius 3 is 1.01 bits per heavy atom. The lowest BCUT2D eigenvalue weighted by Gasteiger charge is -2.33. The molecule has 16 aromatic rings. The summed E-state index contributed by atoms with van der Waals surface area (Å²) in [6.45, 7) is 9.15. The zero-order valence-electron chi connectivity index (χ0n) is 47.1. The Morgan fingerprint density at radius 1 is 0.238 bits per heavy atom. The molecule has 0 fully saturated rings. The minimum Gasteiger partial charge on any atom is -0.309 e. The molecule has 0 N–H and O–H groups in total. The molecule has 0 radical (unpaired) electrons. The van der Waals surface area contributed by atoms with Gasteiger partial charge in [-0.2, -0.15) is 0 Å². The van der Waals surface area contributed by atoms with Crippen molar-refractivity contribution in [2.24, 2.45) is 0 Å². The molecular weight excluding hydrogens is 1050 g/mol. The summed E-state index contributed by atoms with van der Waals surface area (Å²) in [5.41, 5.74) is 19.0. The molecule has 2 aromatic heterocycles. The first-order chi connectivity index (χ1) is 41.3. The van der Waals surface area contributed by atoms with E-state index in [1.165, 1.54) is 150 Å². The first-order valence-electron chi connectivity index (χ1n) is 29.0. The van der Waals surface area contributed by atoms with Gasteiger partial charge in [0.15, 0.2) is 0 Å². The molecule has 16 rings (SSSR count). The first-order valence-corrected chi connectivity index (χ1v) is 30.6. The van der Waals surface area contributed by atoms with Gasteiger partial charge in [0.05, 0.1) is 22.7 Å². The van der Waals surface area contributed by atoms with Gasteiger partial charge in [-0.25, -0.2) is 0 Å². The number of nitrogens with zero attached hydrogens (tertiary/aromatic N) is 2. The quantitative estimate of drug-likeness (QED) is 0.133. The molecule has 0 saturated heterocycles. The highest BCUT2D eigenvalue weighted by Gasteiger charge is 2.28. The number of thiophene rings is 2. The van der Waals surface area contributed by atoms with E-state index in [9.17, 15) is 0 Å². The van der Waals surface area contributed by atoms with E-state index in [1.54, 1.807) is 0 Å². The van der Waals surface area contributed by atoms with Gasteiger partial charge in [0.2, 0.25) is 0 Å². The number of anilines is 6. The van der Waals surface area contributed by atoms with Crippen LogP contribution in [0.1, 0.15) is 22.3 Å². The normalized spacial score (nSPS) is 11.8. The molecule has 2 heterocycles. The summed E-state index contributed by atoms with van der Waals surface area (Å²) >= 11 is 3.78. The van der Waals surface area contributed by atoms with Crippen molar-refractivity contribution in [1.82, 2.24) is 0 Å². The predicted molar refractivity (Wildman–Crippen MR) is 367 cm³/mol. The van der Waals surface area contributed by atoms with Crippen molar-refractivity contribution < 1.29 is 0 Å². The number of hydrogen-bond acceptors (Lipinski definition) is 4. The molecule has 0 amide bonds. The summed E-state index contributed by atoms with van der Waals surface area (Å²) in [6, 6.07) is 99.7. The Bertz CT molecular complexity index is 5020. The molecule has 0 aliphatic carbocycles. The first kappa shape index (κ1) is 49.9. The van der Waals surface area contributed by atoms with Gasteiger partial charge in [0.1, 0.15) is 0 Å². The fourth-order valence-electron chi connectivity index (χ4n) is 13.6. The minimum atomic E-state index is 1.14. The van der Waals surface area contributed by atoms with Crippen LogP contribution < -0.4 is 9.80 Å². The van der Waals surface area contributed by atoms with Crippen molar-refractivity contribution in [1.29, 1.82) is 0 Å². The second-order valence-corrected chi connectivity index (χ2v) is 24.6. The monoisotopic (exact) mass is 1110 g/mol. The molecule has 0 bridgehead atoms. The summed E-state index contributed by atoms with van der Waals surface area (Å²) in [7, 11) is 0. The maximum Gasteiger partial charge on any atom is 0.0570 e. The van der Waals surface area contributed by atoms with Gasteiger partial charge in [0.25, 0.3) is 0 Å². The van der Waals surface area contributed by atoms with Gasteiger partial charge < -0.3 is 9.80 Å². The zero-order chi connectivity index (χ0) is 56.2. The van der Waals surface area contributed by atoms with Crippen LogP contribution in [-0.2, 0) is 0 Å². The van der Waals surface area contributed by atoms with E-state index in [4.69, 9.17) is 0 Å². The van der Waals surface area contributed by atoms with Crippen LogP contribution in [0.4, 0.5) is 34.1 Å². The summed E-state index contributed by atoms with van der Waals surface area (Å²) in [5.74, 6) is 0. The van der Waals surface area contributed by atoms with E-state index in [2.05, 4.69) is 304 Å². The minimum absolute atomic E-state index is 1.14. The molecule has 4 heteroatoms. The Morgan fingerprint density at radius 2 is 0.583 bits per heavy atom. The van der Waals surface area contributed by atoms with Gasteiger partial charge in [-0.15, -0.1) is 22.7 Å². The second-order valence-electron chi connectivity index (χ2n) is 22.5. The van der Waals surface area contributed by atoms with Crippen molar-refractivity contribution in [3.8, 4) is 33.4 Å². The molecule has 0 atom stereocenters. The average Bonchev–Trinajstić information content (AvgIpc) is 1.31. The topological polar surface area (TPSA) is 6.48 Å². The SMILES string of the molecule is Cc1cc(-c2ccc(N(c3c(C)cccc3-c3cccc4c3sc3ccccc34)c3cc4ccccc4c4ccccc34)c(C)c2)ccc1N(c1c(C)cccc1-c1cccc2c1sc1ccccc12)c1cc2ccccc2c2ccccc12. The van der Waals surface area contributed by atoms with Gasteiger partial charge >= 0.3 is 0 Å². The predicted octanol–water partition coefficient (Wildman–Crippen LogP) is 24.2. The van der Waals surface area contributed by atoms with Crippen LogP contribution in [-0.4, -0.2) is 0 Å². The van der Waals surface area contributed by atoms with Crippen LogP contribution in [0.15, 0.2) is 267 Å². The van der Waals surface area contributed by atoms with Gasteiger partial charge in [-0.3, -0.25) is 0 Å². The summed E-state index contributed by atoms with van der Waals surface area (Å²) in [4.78, 5) is 5.15. The van der Waals surface area contributed by atoms with Crippen molar-refractivity contribution in [3.05, 3.63) is 289 Å². The number of para-hydroxylation sites is 2. The maximum atomic E-state index is 2.57. The highest BCUT2D eigenvalue weighted by Crippen LogP contribution is 2.53. The van der Waals surface area contributed by atoms with Gasteiger partial charge in [0, 0.05) is 84.7 Å². The molecule has 398 valence electrons. The number of fused-ring (bicyclic) bond motifs is 12. The average molecular weight is 1110 g/mol.